The van der Waals surface area contributed by atoms with E-state index in [2.05, 4.69) is 154 Å². The van der Waals surface area contributed by atoms with Crippen LogP contribution in [-0.2, 0) is 0 Å². The summed E-state index contributed by atoms with van der Waals surface area (Å²) in [5.74, 6) is 0.422. The van der Waals surface area contributed by atoms with Gasteiger partial charge in [-0.1, -0.05) is 125 Å². The maximum Gasteiger partial charge on any atom is 0.0619 e. The van der Waals surface area contributed by atoms with Gasteiger partial charge in [0.25, 0.3) is 0 Å². The second-order valence-electron chi connectivity index (χ2n) is 10.9. The Hall–Kier alpha value is -4.40. The maximum atomic E-state index is 4.02. The molecule has 1 nitrogen and oxygen atoms in total. The molecule has 0 amide bonds. The Kier molecular flexibility index (Phi) is 4.65. The quantitative estimate of drug-likeness (QED) is 0.194. The topological polar surface area (TPSA) is 4.93 Å². The average molecular weight is 575 g/mol. The lowest BCUT2D eigenvalue weighted by Gasteiger charge is -2.43. The highest BCUT2D eigenvalue weighted by atomic mass is 79.9. The van der Waals surface area contributed by atoms with Gasteiger partial charge in [0.2, 0.25) is 0 Å². The third-order valence-electron chi connectivity index (χ3n) is 9.05. The lowest BCUT2D eigenvalue weighted by molar-refractivity contribution is 0.752. The summed E-state index contributed by atoms with van der Waals surface area (Å²) in [5, 5.41) is 2.57. The molecule has 2 heteroatoms. The van der Waals surface area contributed by atoms with Crippen molar-refractivity contribution in [2.24, 2.45) is 0 Å². The molecule has 188 valence electrons. The van der Waals surface area contributed by atoms with E-state index in [-0.39, 0.29) is 11.8 Å². The molecular formula is C38H24BrN. The molecule has 0 radical (unpaired) electrons. The molecule has 0 saturated carbocycles. The van der Waals surface area contributed by atoms with Gasteiger partial charge >= 0.3 is 0 Å². The number of nitrogens with zero attached hydrogens (tertiary/aromatic N) is 1. The van der Waals surface area contributed by atoms with Crippen molar-refractivity contribution in [1.29, 1.82) is 0 Å². The van der Waals surface area contributed by atoms with Crippen molar-refractivity contribution >= 4 is 37.7 Å². The first-order chi connectivity index (χ1) is 19.8. The van der Waals surface area contributed by atoms with E-state index in [1.165, 1.54) is 76.5 Å². The van der Waals surface area contributed by atoms with E-state index < -0.39 is 0 Å². The van der Waals surface area contributed by atoms with Gasteiger partial charge in [0, 0.05) is 38.3 Å². The van der Waals surface area contributed by atoms with Crippen molar-refractivity contribution in [2.75, 3.05) is 0 Å². The van der Waals surface area contributed by atoms with Gasteiger partial charge in [-0.05, 0) is 63.2 Å². The monoisotopic (exact) mass is 573 g/mol. The van der Waals surface area contributed by atoms with Crippen molar-refractivity contribution in [3.05, 3.63) is 171 Å². The number of hydrogen-bond donors (Lipinski definition) is 0. The zero-order chi connectivity index (χ0) is 26.4. The Morgan fingerprint density at radius 3 is 1.73 bits per heavy atom. The first kappa shape index (κ1) is 22.4. The molecule has 2 bridgehead atoms. The lowest BCUT2D eigenvalue weighted by atomic mass is 9.60. The number of aromatic nitrogens is 1. The Bertz CT molecular complexity index is 2090. The molecule has 0 fully saturated rings. The van der Waals surface area contributed by atoms with E-state index in [1.54, 1.807) is 0 Å². The normalized spacial score (nSPS) is 16.6. The van der Waals surface area contributed by atoms with Gasteiger partial charge in [0.05, 0.1) is 11.0 Å². The van der Waals surface area contributed by atoms with Crippen LogP contribution in [0, 0.1) is 0 Å². The van der Waals surface area contributed by atoms with Crippen LogP contribution in [-0.4, -0.2) is 4.57 Å². The standard InChI is InChI=1S/C38H24BrN/c39-32-22-21-29(36-34-25-14-4-6-16-27(25)35(37(32)36)28-17-7-5-15-26(28)34)31-19-10-18-30-24-13-8-9-20-33(24)40(38(30)31)23-11-2-1-3-12-23/h1-22,34-35H. The zero-order valence-corrected chi connectivity index (χ0v) is 23.3. The van der Waals surface area contributed by atoms with E-state index in [0.29, 0.717) is 0 Å². The molecule has 10 rings (SSSR count). The summed E-state index contributed by atoms with van der Waals surface area (Å²) in [6.45, 7) is 0. The van der Waals surface area contributed by atoms with E-state index >= 15 is 0 Å². The minimum Gasteiger partial charge on any atom is -0.309 e. The molecule has 0 N–H and O–H groups in total. The highest BCUT2D eigenvalue weighted by Crippen LogP contribution is 2.59. The fourth-order valence-electron chi connectivity index (χ4n) is 7.56. The lowest BCUT2D eigenvalue weighted by Crippen LogP contribution is -2.28. The number of halogens is 1. The number of rotatable bonds is 2. The molecule has 1 aromatic heterocycles. The second-order valence-corrected chi connectivity index (χ2v) is 11.8. The van der Waals surface area contributed by atoms with Crippen LogP contribution in [0.15, 0.2) is 138 Å². The summed E-state index contributed by atoms with van der Waals surface area (Å²) >= 11 is 4.02. The summed E-state index contributed by atoms with van der Waals surface area (Å²) in [7, 11) is 0. The molecule has 0 atom stereocenters. The fraction of sp³-hybridized carbons (Fsp3) is 0.0526. The van der Waals surface area contributed by atoms with Gasteiger partial charge in [0.1, 0.15) is 0 Å². The van der Waals surface area contributed by atoms with Gasteiger partial charge in [0.15, 0.2) is 0 Å². The summed E-state index contributed by atoms with van der Waals surface area (Å²) < 4.78 is 3.65. The second kappa shape index (κ2) is 8.30. The van der Waals surface area contributed by atoms with Crippen LogP contribution in [0.2, 0.25) is 0 Å². The molecular weight excluding hydrogens is 550 g/mol. The van der Waals surface area contributed by atoms with E-state index in [1.807, 2.05) is 0 Å². The number of para-hydroxylation sites is 3. The van der Waals surface area contributed by atoms with Crippen molar-refractivity contribution in [2.45, 2.75) is 11.8 Å². The highest BCUT2D eigenvalue weighted by Gasteiger charge is 2.43. The van der Waals surface area contributed by atoms with Crippen molar-refractivity contribution in [3.63, 3.8) is 0 Å². The SMILES string of the molecule is Brc1ccc(-c2cccc3c4ccccc4n(-c4ccccc4)c23)c2c1C1c3ccccc3C2c2ccccc21. The van der Waals surface area contributed by atoms with E-state index in [0.717, 1.165) is 0 Å². The van der Waals surface area contributed by atoms with Crippen LogP contribution < -0.4 is 0 Å². The summed E-state index contributed by atoms with van der Waals surface area (Å²) in [5.41, 5.74) is 14.9. The Balaban J connectivity index is 1.42. The molecule has 0 saturated heterocycles. The van der Waals surface area contributed by atoms with Crippen molar-refractivity contribution in [3.8, 4) is 16.8 Å². The zero-order valence-electron chi connectivity index (χ0n) is 21.7. The predicted molar refractivity (Wildman–Crippen MR) is 169 cm³/mol. The molecule has 0 spiro atoms. The summed E-state index contributed by atoms with van der Waals surface area (Å²) in [6.07, 6.45) is 0. The van der Waals surface area contributed by atoms with Crippen LogP contribution in [0.25, 0.3) is 38.6 Å². The largest absolute Gasteiger partial charge is 0.309 e. The molecule has 0 unspecified atom stereocenters. The summed E-state index contributed by atoms with van der Waals surface area (Å²) in [4.78, 5) is 0. The third kappa shape index (κ3) is 2.87. The van der Waals surface area contributed by atoms with Gasteiger partial charge in [-0.15, -0.1) is 0 Å². The molecule has 3 aliphatic rings. The minimum atomic E-state index is 0.199. The van der Waals surface area contributed by atoms with Crippen LogP contribution in [0.3, 0.4) is 0 Å². The first-order valence-electron chi connectivity index (χ1n) is 13.9. The summed E-state index contributed by atoms with van der Waals surface area (Å²) in [6, 6.07) is 49.2. The number of fused-ring (bicyclic) bond motifs is 3. The van der Waals surface area contributed by atoms with Crippen LogP contribution in [0.4, 0.5) is 0 Å². The van der Waals surface area contributed by atoms with E-state index in [4.69, 9.17) is 0 Å². The number of hydrogen-bond acceptors (Lipinski definition) is 0. The Morgan fingerprint density at radius 1 is 0.450 bits per heavy atom. The molecule has 6 aromatic carbocycles. The third-order valence-corrected chi connectivity index (χ3v) is 9.74. The van der Waals surface area contributed by atoms with Crippen LogP contribution in [0.1, 0.15) is 45.2 Å². The highest BCUT2D eigenvalue weighted by molar-refractivity contribution is 9.10. The molecule has 3 aliphatic carbocycles. The van der Waals surface area contributed by atoms with Crippen molar-refractivity contribution < 1.29 is 0 Å². The molecule has 7 aromatic rings. The van der Waals surface area contributed by atoms with Gasteiger partial charge in [-0.3, -0.25) is 0 Å². The van der Waals surface area contributed by atoms with Crippen LogP contribution in [0.5, 0.6) is 0 Å². The average Bonchev–Trinajstić information content (AvgIpc) is 3.36. The Morgan fingerprint density at radius 2 is 1.02 bits per heavy atom. The molecule has 40 heavy (non-hydrogen) atoms. The smallest absolute Gasteiger partial charge is 0.0619 e. The predicted octanol–water partition coefficient (Wildman–Crippen LogP) is 10.2. The molecule has 0 aliphatic heterocycles. The first-order valence-corrected chi connectivity index (χ1v) is 14.7. The van der Waals surface area contributed by atoms with E-state index in [9.17, 15) is 0 Å². The fourth-order valence-corrected chi connectivity index (χ4v) is 8.14. The van der Waals surface area contributed by atoms with Gasteiger partial charge < -0.3 is 4.57 Å². The maximum absolute atomic E-state index is 4.02. The number of benzene rings is 6. The van der Waals surface area contributed by atoms with Crippen LogP contribution >= 0.6 is 15.9 Å². The van der Waals surface area contributed by atoms with Gasteiger partial charge in [-0.2, -0.15) is 0 Å². The molecule has 1 heterocycles. The minimum absolute atomic E-state index is 0.199. The Labute approximate surface area is 241 Å². The van der Waals surface area contributed by atoms with Crippen molar-refractivity contribution in [1.82, 2.24) is 4.57 Å². The van der Waals surface area contributed by atoms with Gasteiger partial charge in [-0.25, -0.2) is 0 Å².